The van der Waals surface area contributed by atoms with E-state index in [2.05, 4.69) is 40.6 Å². The first-order chi connectivity index (χ1) is 17.4. The van der Waals surface area contributed by atoms with Crippen molar-refractivity contribution in [3.05, 3.63) is 76.5 Å². The monoisotopic (exact) mass is 495 g/mol. The number of amides is 1. The second-order valence-corrected chi connectivity index (χ2v) is 8.94. The van der Waals surface area contributed by atoms with Crippen molar-refractivity contribution >= 4 is 11.5 Å². The molecule has 2 atom stereocenters. The smallest absolute Gasteiger partial charge is 0.257 e. The Bertz CT molecular complexity index is 1240. The number of methoxy groups -OCH3 is 1. The number of halogens is 1. The van der Waals surface area contributed by atoms with Crippen LogP contribution in [-0.4, -0.2) is 59.2 Å². The number of aliphatic hydroxyl groups is 2. The molecule has 0 radical (unpaired) electrons. The summed E-state index contributed by atoms with van der Waals surface area (Å²) in [6.07, 6.45) is 10.3. The van der Waals surface area contributed by atoms with Crippen molar-refractivity contribution in [3.8, 4) is 11.4 Å². The number of hydrogen-bond donors (Lipinski definition) is 3. The van der Waals surface area contributed by atoms with Gasteiger partial charge in [-0.05, 0) is 55.5 Å². The van der Waals surface area contributed by atoms with Gasteiger partial charge in [-0.2, -0.15) is 4.98 Å². The van der Waals surface area contributed by atoms with Crippen molar-refractivity contribution in [2.75, 3.05) is 26.9 Å². The van der Waals surface area contributed by atoms with Crippen molar-refractivity contribution in [2.45, 2.75) is 32.3 Å². The number of nitrogens with one attached hydrogen (secondary N) is 1. The molecule has 2 aliphatic rings. The molecule has 1 aromatic carbocycles. The van der Waals surface area contributed by atoms with Crippen LogP contribution in [0.4, 0.5) is 4.39 Å². The lowest BCUT2D eigenvalue weighted by Crippen LogP contribution is -2.34. The van der Waals surface area contributed by atoms with Crippen LogP contribution in [0.25, 0.3) is 17.0 Å². The van der Waals surface area contributed by atoms with Gasteiger partial charge < -0.3 is 24.8 Å². The van der Waals surface area contributed by atoms with Gasteiger partial charge in [-0.25, -0.2) is 4.39 Å². The molecule has 1 amide bonds. The van der Waals surface area contributed by atoms with Gasteiger partial charge in [-0.1, -0.05) is 35.0 Å². The third-order valence-electron chi connectivity index (χ3n) is 6.38. The number of nitrogens with zero attached hydrogens (tertiary/aromatic N) is 2. The number of carbonyl (C=O) groups excluding carboxylic acids is 1. The SMILES string of the molecule is COCC1=CC(c2nc(-c3ccc(C(=O)NCC(O)CO)c(F)c3)no2)=CCC1C1=C(C)CCC=C1. The summed E-state index contributed by atoms with van der Waals surface area (Å²) < 4.78 is 25.6. The van der Waals surface area contributed by atoms with Crippen molar-refractivity contribution in [3.63, 3.8) is 0 Å². The maximum Gasteiger partial charge on any atom is 0.257 e. The van der Waals surface area contributed by atoms with Gasteiger partial charge in [0.2, 0.25) is 5.82 Å². The Labute approximate surface area is 208 Å². The van der Waals surface area contributed by atoms with Gasteiger partial charge in [-0.15, -0.1) is 0 Å². The maximum atomic E-state index is 14.6. The van der Waals surface area contributed by atoms with Crippen LogP contribution in [-0.2, 0) is 4.74 Å². The fourth-order valence-corrected chi connectivity index (χ4v) is 4.42. The van der Waals surface area contributed by atoms with E-state index < -0.39 is 24.4 Å². The lowest BCUT2D eigenvalue weighted by atomic mass is 9.79. The number of carbonyl (C=O) groups is 1. The molecule has 36 heavy (non-hydrogen) atoms. The molecule has 9 heteroatoms. The van der Waals surface area contributed by atoms with Gasteiger partial charge in [0.25, 0.3) is 11.8 Å². The highest BCUT2D eigenvalue weighted by Gasteiger charge is 2.25. The predicted molar refractivity (Wildman–Crippen MR) is 132 cm³/mol. The number of aliphatic hydroxyl groups excluding tert-OH is 2. The lowest BCUT2D eigenvalue weighted by molar-refractivity contribution is 0.0799. The number of hydrogen-bond acceptors (Lipinski definition) is 7. The Kier molecular flexibility index (Phi) is 8.25. The summed E-state index contributed by atoms with van der Waals surface area (Å²) in [7, 11) is 1.67. The Hall–Kier alpha value is -3.40. The number of benzene rings is 1. The number of ether oxygens (including phenoxy) is 1. The first-order valence-corrected chi connectivity index (χ1v) is 11.9. The van der Waals surface area contributed by atoms with Gasteiger partial charge in [0.05, 0.1) is 24.9 Å². The fraction of sp³-hybridized carbons (Fsp3) is 0.370. The number of aromatic nitrogens is 2. The van der Waals surface area contributed by atoms with Crippen LogP contribution in [0, 0.1) is 11.7 Å². The van der Waals surface area contributed by atoms with Gasteiger partial charge in [0, 0.05) is 30.7 Å². The molecule has 2 aromatic rings. The predicted octanol–water partition coefficient (Wildman–Crippen LogP) is 3.60. The Balaban J connectivity index is 1.52. The van der Waals surface area contributed by atoms with E-state index in [9.17, 15) is 14.3 Å². The van der Waals surface area contributed by atoms with Crippen LogP contribution in [0.15, 0.2) is 63.7 Å². The van der Waals surface area contributed by atoms with Gasteiger partial charge >= 0.3 is 0 Å². The molecule has 0 spiro atoms. The highest BCUT2D eigenvalue weighted by molar-refractivity contribution is 5.94. The third-order valence-corrected chi connectivity index (χ3v) is 6.38. The molecule has 0 saturated carbocycles. The van der Waals surface area contributed by atoms with E-state index in [0.717, 1.165) is 36.5 Å². The average Bonchev–Trinajstić information content (AvgIpc) is 3.38. The average molecular weight is 496 g/mol. The van der Waals surface area contributed by atoms with E-state index in [-0.39, 0.29) is 23.9 Å². The molecule has 1 heterocycles. The van der Waals surface area contributed by atoms with Crippen LogP contribution in [0.5, 0.6) is 0 Å². The molecule has 4 rings (SSSR count). The molecule has 0 saturated heterocycles. The lowest BCUT2D eigenvalue weighted by Gasteiger charge is -2.27. The summed E-state index contributed by atoms with van der Waals surface area (Å²) in [4.78, 5) is 16.6. The zero-order valence-corrected chi connectivity index (χ0v) is 20.3. The molecule has 0 fully saturated rings. The quantitative estimate of drug-likeness (QED) is 0.487. The maximum absolute atomic E-state index is 14.6. The van der Waals surface area contributed by atoms with E-state index in [1.165, 1.54) is 23.3 Å². The normalized spacial score (nSPS) is 18.6. The van der Waals surface area contributed by atoms with E-state index in [1.807, 2.05) is 6.08 Å². The second kappa shape index (κ2) is 11.6. The number of rotatable bonds is 9. The molecule has 2 aliphatic carbocycles. The van der Waals surface area contributed by atoms with Crippen molar-refractivity contribution in [1.82, 2.24) is 15.5 Å². The summed E-state index contributed by atoms with van der Waals surface area (Å²) >= 11 is 0. The third kappa shape index (κ3) is 5.70. The highest BCUT2D eigenvalue weighted by Crippen LogP contribution is 2.37. The van der Waals surface area contributed by atoms with Crippen LogP contribution < -0.4 is 5.32 Å². The Morgan fingerprint density at radius 3 is 2.94 bits per heavy atom. The van der Waals surface area contributed by atoms with Gasteiger partial charge in [0.15, 0.2) is 0 Å². The molecule has 1 aromatic heterocycles. The highest BCUT2D eigenvalue weighted by atomic mass is 19.1. The molecule has 3 N–H and O–H groups in total. The zero-order chi connectivity index (χ0) is 25.7. The van der Waals surface area contributed by atoms with E-state index in [0.29, 0.717) is 18.1 Å². The topological polar surface area (TPSA) is 118 Å². The van der Waals surface area contributed by atoms with E-state index in [1.54, 1.807) is 7.11 Å². The first kappa shape index (κ1) is 25.7. The summed E-state index contributed by atoms with van der Waals surface area (Å²) in [5.74, 6) is -0.705. The molecule has 0 aliphatic heterocycles. The van der Waals surface area contributed by atoms with E-state index in [4.69, 9.17) is 14.4 Å². The van der Waals surface area contributed by atoms with Gasteiger partial charge in [-0.3, -0.25) is 4.79 Å². The fourth-order valence-electron chi connectivity index (χ4n) is 4.42. The minimum absolute atomic E-state index is 0.188. The summed E-state index contributed by atoms with van der Waals surface area (Å²) in [6.45, 7) is 1.97. The standard InChI is InChI=1S/C27H30FN3O5/c1-16-5-3-4-6-21(16)22-9-8-18(11-19(22)15-35-2)27-30-25(31-36-27)17-7-10-23(24(28)12-17)26(34)29-13-20(33)14-32/h4,6-8,10-12,20,22,32-33H,3,5,9,13-15H2,1-2H3,(H,29,34). The van der Waals surface area contributed by atoms with Crippen LogP contribution in [0.3, 0.4) is 0 Å². The largest absolute Gasteiger partial charge is 0.394 e. The molecule has 8 nitrogen and oxygen atoms in total. The zero-order valence-electron chi connectivity index (χ0n) is 20.3. The van der Waals surface area contributed by atoms with Crippen LogP contribution in [0.2, 0.25) is 0 Å². The Morgan fingerprint density at radius 1 is 1.39 bits per heavy atom. The minimum atomic E-state index is -1.11. The molecule has 190 valence electrons. The van der Waals surface area contributed by atoms with Crippen molar-refractivity contribution in [1.29, 1.82) is 0 Å². The Morgan fingerprint density at radius 2 is 2.22 bits per heavy atom. The van der Waals surface area contributed by atoms with Crippen LogP contribution >= 0.6 is 0 Å². The molecule has 2 unspecified atom stereocenters. The molecule has 0 bridgehead atoms. The van der Waals surface area contributed by atoms with Crippen molar-refractivity contribution < 1.29 is 28.7 Å². The number of allylic oxidation sites excluding steroid dienone is 7. The second-order valence-electron chi connectivity index (χ2n) is 8.94. The van der Waals surface area contributed by atoms with Gasteiger partial charge in [0.1, 0.15) is 5.82 Å². The van der Waals surface area contributed by atoms with Crippen molar-refractivity contribution in [2.24, 2.45) is 5.92 Å². The summed E-state index contributed by atoms with van der Waals surface area (Å²) in [6, 6.07) is 4.00. The van der Waals surface area contributed by atoms with E-state index >= 15 is 0 Å². The van der Waals surface area contributed by atoms with Crippen LogP contribution in [0.1, 0.15) is 42.4 Å². The minimum Gasteiger partial charge on any atom is -0.394 e. The summed E-state index contributed by atoms with van der Waals surface area (Å²) in [5.41, 5.74) is 4.80. The summed E-state index contributed by atoms with van der Waals surface area (Å²) in [5, 5.41) is 24.6. The molecular weight excluding hydrogens is 465 g/mol. The molecular formula is C27H30FN3O5. The first-order valence-electron chi connectivity index (χ1n) is 11.9.